The van der Waals surface area contributed by atoms with Crippen molar-refractivity contribution >= 4 is 11.7 Å². The molecule has 20 heavy (non-hydrogen) atoms. The van der Waals surface area contributed by atoms with Gasteiger partial charge in [0.1, 0.15) is 13.2 Å². The Morgan fingerprint density at radius 3 is 2.95 bits per heavy atom. The van der Waals surface area contributed by atoms with Crippen LogP contribution in [0.5, 0.6) is 0 Å². The Balaban J connectivity index is 1.96. The van der Waals surface area contributed by atoms with E-state index < -0.39 is 5.97 Å². The maximum atomic E-state index is 11.7. The molecular formula is C14H15N3O3. The van der Waals surface area contributed by atoms with Crippen molar-refractivity contribution in [3.05, 3.63) is 58.3 Å². The van der Waals surface area contributed by atoms with Crippen LogP contribution in [-0.2, 0) is 22.7 Å². The van der Waals surface area contributed by atoms with Crippen LogP contribution in [-0.4, -0.2) is 15.5 Å². The number of aromatic nitrogens is 2. The van der Waals surface area contributed by atoms with E-state index in [9.17, 15) is 9.59 Å². The number of rotatable bonds is 4. The zero-order valence-corrected chi connectivity index (χ0v) is 11.1. The molecule has 104 valence electrons. The third-order valence-electron chi connectivity index (χ3n) is 2.64. The summed E-state index contributed by atoms with van der Waals surface area (Å²) in [6.07, 6.45) is 4.77. The van der Waals surface area contributed by atoms with Gasteiger partial charge >= 0.3 is 5.97 Å². The number of carbonyl (C=O) groups excluding carboxylic acids is 1. The number of hydrogen-bond acceptors (Lipinski definition) is 5. The molecule has 2 rings (SSSR count). The van der Waals surface area contributed by atoms with Crippen molar-refractivity contribution < 1.29 is 9.53 Å². The minimum atomic E-state index is -0.501. The van der Waals surface area contributed by atoms with Gasteiger partial charge in [0.05, 0.1) is 0 Å². The minimum absolute atomic E-state index is 0.130. The number of aryl methyl sites for hydroxylation is 1. The molecule has 0 aliphatic rings. The van der Waals surface area contributed by atoms with E-state index in [0.29, 0.717) is 5.69 Å². The molecule has 6 heteroatoms. The first-order valence-electron chi connectivity index (χ1n) is 6.07. The van der Waals surface area contributed by atoms with Crippen molar-refractivity contribution in [2.24, 2.45) is 0 Å². The van der Waals surface area contributed by atoms with E-state index in [1.165, 1.54) is 22.9 Å². The molecule has 2 aromatic heterocycles. The predicted octanol–water partition coefficient (Wildman–Crippen LogP) is 0.877. The highest BCUT2D eigenvalue weighted by atomic mass is 16.5. The summed E-state index contributed by atoms with van der Waals surface area (Å²) in [4.78, 5) is 27.2. The maximum absolute atomic E-state index is 11.7. The summed E-state index contributed by atoms with van der Waals surface area (Å²) < 4.78 is 6.32. The molecule has 0 atom stereocenters. The minimum Gasteiger partial charge on any atom is -0.459 e. The Kier molecular flexibility index (Phi) is 4.14. The molecule has 0 unspecified atom stereocenters. The first-order chi connectivity index (χ1) is 9.54. The molecule has 0 amide bonds. The molecule has 0 spiro atoms. The lowest BCUT2D eigenvalue weighted by Gasteiger charge is -2.07. The Labute approximate surface area is 115 Å². The SMILES string of the molecule is Cc1cncc(COC(=O)Cn2cc(N)ccc2=O)c1. The third-order valence-corrected chi connectivity index (χ3v) is 2.64. The fourth-order valence-electron chi connectivity index (χ4n) is 1.72. The largest absolute Gasteiger partial charge is 0.459 e. The van der Waals surface area contributed by atoms with Crippen molar-refractivity contribution in [1.29, 1.82) is 0 Å². The summed E-state index contributed by atoms with van der Waals surface area (Å²) in [5.41, 5.74) is 7.48. The maximum Gasteiger partial charge on any atom is 0.326 e. The second-order valence-corrected chi connectivity index (χ2v) is 4.46. The fourth-order valence-corrected chi connectivity index (χ4v) is 1.72. The van der Waals surface area contributed by atoms with Gasteiger partial charge in [0.2, 0.25) is 0 Å². The molecule has 0 saturated carbocycles. The fraction of sp³-hybridized carbons (Fsp3) is 0.214. The average Bonchev–Trinajstić information content (AvgIpc) is 2.41. The Hall–Kier alpha value is -2.63. The zero-order valence-electron chi connectivity index (χ0n) is 11.1. The summed E-state index contributed by atoms with van der Waals surface area (Å²) in [5, 5.41) is 0. The van der Waals surface area contributed by atoms with Crippen LogP contribution >= 0.6 is 0 Å². The first-order valence-corrected chi connectivity index (χ1v) is 6.07. The molecule has 0 radical (unpaired) electrons. The second kappa shape index (κ2) is 6.01. The van der Waals surface area contributed by atoms with E-state index in [4.69, 9.17) is 10.5 Å². The average molecular weight is 273 g/mol. The molecule has 6 nitrogen and oxygen atoms in total. The summed E-state index contributed by atoms with van der Waals surface area (Å²) in [7, 11) is 0. The lowest BCUT2D eigenvalue weighted by molar-refractivity contribution is -0.145. The van der Waals surface area contributed by atoms with Crippen LogP contribution in [0.4, 0.5) is 5.69 Å². The number of nitrogen functional groups attached to an aromatic ring is 1. The lowest BCUT2D eigenvalue weighted by atomic mass is 10.2. The normalized spacial score (nSPS) is 10.2. The van der Waals surface area contributed by atoms with Gasteiger partial charge in [0, 0.05) is 35.9 Å². The molecule has 0 fully saturated rings. The molecule has 0 aromatic carbocycles. The van der Waals surface area contributed by atoms with Gasteiger partial charge in [-0.15, -0.1) is 0 Å². The lowest BCUT2D eigenvalue weighted by Crippen LogP contribution is -2.24. The van der Waals surface area contributed by atoms with E-state index in [0.717, 1.165) is 11.1 Å². The molecule has 2 aromatic rings. The van der Waals surface area contributed by atoms with Gasteiger partial charge in [-0.25, -0.2) is 0 Å². The topological polar surface area (TPSA) is 87.2 Å². The van der Waals surface area contributed by atoms with E-state index >= 15 is 0 Å². The monoisotopic (exact) mass is 273 g/mol. The Bertz CT molecular complexity index is 679. The summed E-state index contributed by atoms with van der Waals surface area (Å²) in [6.45, 7) is 1.87. The van der Waals surface area contributed by atoms with Crippen LogP contribution in [0.15, 0.2) is 41.6 Å². The van der Waals surface area contributed by atoms with Crippen LogP contribution in [0.25, 0.3) is 0 Å². The smallest absolute Gasteiger partial charge is 0.326 e. The Morgan fingerprint density at radius 1 is 1.40 bits per heavy atom. The van der Waals surface area contributed by atoms with Crippen LogP contribution in [0.3, 0.4) is 0 Å². The van der Waals surface area contributed by atoms with Crippen molar-refractivity contribution in [2.45, 2.75) is 20.1 Å². The van der Waals surface area contributed by atoms with Gasteiger partial charge in [-0.1, -0.05) is 0 Å². The number of esters is 1. The number of nitrogens with zero attached hydrogens (tertiary/aromatic N) is 2. The molecule has 2 N–H and O–H groups in total. The summed E-state index contributed by atoms with van der Waals surface area (Å²) in [5.74, 6) is -0.501. The van der Waals surface area contributed by atoms with E-state index in [1.807, 2.05) is 13.0 Å². The number of anilines is 1. The zero-order chi connectivity index (χ0) is 14.5. The van der Waals surface area contributed by atoms with E-state index in [1.54, 1.807) is 12.4 Å². The van der Waals surface area contributed by atoms with Crippen molar-refractivity contribution in [1.82, 2.24) is 9.55 Å². The number of ether oxygens (including phenoxy) is 1. The Morgan fingerprint density at radius 2 is 2.20 bits per heavy atom. The molecule has 0 aliphatic carbocycles. The molecule has 0 bridgehead atoms. The van der Waals surface area contributed by atoms with Gasteiger partial charge in [-0.05, 0) is 24.6 Å². The highest BCUT2D eigenvalue weighted by Gasteiger charge is 2.06. The molecule has 0 aliphatic heterocycles. The molecule has 0 saturated heterocycles. The van der Waals surface area contributed by atoms with Crippen molar-refractivity contribution in [2.75, 3.05) is 5.73 Å². The van der Waals surface area contributed by atoms with Crippen LogP contribution in [0.2, 0.25) is 0 Å². The number of pyridine rings is 2. The quantitative estimate of drug-likeness (QED) is 0.835. The second-order valence-electron chi connectivity index (χ2n) is 4.46. The highest BCUT2D eigenvalue weighted by Crippen LogP contribution is 2.03. The van der Waals surface area contributed by atoms with Gasteiger partial charge in [-0.3, -0.25) is 14.6 Å². The number of hydrogen-bond donors (Lipinski definition) is 1. The summed E-state index contributed by atoms with van der Waals surface area (Å²) >= 11 is 0. The standard InChI is InChI=1S/C14H15N3O3/c1-10-4-11(6-16-5-10)9-20-14(19)8-17-7-12(15)2-3-13(17)18/h2-7H,8-9,15H2,1H3. The third kappa shape index (κ3) is 3.68. The van der Waals surface area contributed by atoms with Crippen LogP contribution in [0.1, 0.15) is 11.1 Å². The highest BCUT2D eigenvalue weighted by molar-refractivity contribution is 5.69. The molecular weight excluding hydrogens is 258 g/mol. The number of carbonyl (C=O) groups is 1. The van der Waals surface area contributed by atoms with Crippen molar-refractivity contribution in [3.8, 4) is 0 Å². The van der Waals surface area contributed by atoms with Gasteiger partial charge < -0.3 is 15.0 Å². The number of nitrogens with two attached hydrogens (primary N) is 1. The van der Waals surface area contributed by atoms with Crippen molar-refractivity contribution in [3.63, 3.8) is 0 Å². The van der Waals surface area contributed by atoms with Gasteiger partial charge in [-0.2, -0.15) is 0 Å². The molecule has 2 heterocycles. The van der Waals surface area contributed by atoms with E-state index in [2.05, 4.69) is 4.98 Å². The predicted molar refractivity (Wildman–Crippen MR) is 73.9 cm³/mol. The van der Waals surface area contributed by atoms with E-state index in [-0.39, 0.29) is 18.7 Å². The summed E-state index contributed by atoms with van der Waals surface area (Å²) in [6, 6.07) is 4.68. The van der Waals surface area contributed by atoms with Gasteiger partial charge in [0.15, 0.2) is 0 Å². The first kappa shape index (κ1) is 13.8. The van der Waals surface area contributed by atoms with Crippen LogP contribution in [0, 0.1) is 6.92 Å². The van der Waals surface area contributed by atoms with Crippen LogP contribution < -0.4 is 11.3 Å². The van der Waals surface area contributed by atoms with Gasteiger partial charge in [0.25, 0.3) is 5.56 Å².